The van der Waals surface area contributed by atoms with Gasteiger partial charge in [0, 0.05) is 11.5 Å². The lowest BCUT2D eigenvalue weighted by atomic mass is 10.2. The molecule has 0 saturated carbocycles. The van der Waals surface area contributed by atoms with Gasteiger partial charge in [0.1, 0.15) is 18.7 Å². The van der Waals surface area contributed by atoms with Crippen LogP contribution in [0.15, 0.2) is 29.0 Å². The third kappa shape index (κ3) is 2.41. The first-order valence-electron chi connectivity index (χ1n) is 4.88. The topological polar surface area (TPSA) is 39.9 Å². The summed E-state index contributed by atoms with van der Waals surface area (Å²) in [4.78, 5) is 0. The summed E-state index contributed by atoms with van der Waals surface area (Å²) in [5.41, 5.74) is 1.10. The van der Waals surface area contributed by atoms with Gasteiger partial charge in [0.25, 0.3) is 0 Å². The Labute approximate surface area is 102 Å². The highest BCUT2D eigenvalue weighted by molar-refractivity contribution is 9.10. The summed E-state index contributed by atoms with van der Waals surface area (Å²) in [7, 11) is 1.90. The Morgan fingerprint density at radius 2 is 2.25 bits per heavy atom. The van der Waals surface area contributed by atoms with Crippen molar-refractivity contribution < 1.29 is 4.74 Å². The highest BCUT2D eigenvalue weighted by atomic mass is 79.9. The molecule has 16 heavy (non-hydrogen) atoms. The zero-order valence-electron chi connectivity index (χ0n) is 9.14. The molecule has 84 valence electrons. The predicted octanol–water partition coefficient (Wildman–Crippen LogP) is 2.47. The largest absolute Gasteiger partial charge is 0.485 e. The number of aromatic nitrogens is 3. The van der Waals surface area contributed by atoms with Gasteiger partial charge in [-0.05, 0) is 24.6 Å². The molecular weight excluding hydrogens is 270 g/mol. The molecule has 0 spiro atoms. The first kappa shape index (κ1) is 11.1. The summed E-state index contributed by atoms with van der Waals surface area (Å²) in [5, 5.41) is 7.76. The van der Waals surface area contributed by atoms with Crippen molar-refractivity contribution in [3.05, 3.63) is 40.4 Å². The molecular formula is C11H12BrN3O. The summed E-state index contributed by atoms with van der Waals surface area (Å²) < 4.78 is 8.54. The van der Waals surface area contributed by atoms with E-state index in [1.165, 1.54) is 0 Å². The maximum absolute atomic E-state index is 5.69. The number of halogens is 1. The van der Waals surface area contributed by atoms with Gasteiger partial charge in [0.05, 0.1) is 0 Å². The number of hydrogen-bond acceptors (Lipinski definition) is 3. The lowest BCUT2D eigenvalue weighted by Gasteiger charge is -2.08. The summed E-state index contributed by atoms with van der Waals surface area (Å²) >= 11 is 3.42. The first-order valence-corrected chi connectivity index (χ1v) is 5.68. The number of aryl methyl sites for hydroxylation is 2. The SMILES string of the molecule is Cc1ccc(Br)cc1OCc1nncn1C. The third-order valence-electron chi connectivity index (χ3n) is 2.31. The van der Waals surface area contributed by atoms with E-state index in [1.54, 1.807) is 6.33 Å². The van der Waals surface area contributed by atoms with Crippen LogP contribution in [0.4, 0.5) is 0 Å². The molecule has 1 aromatic heterocycles. The van der Waals surface area contributed by atoms with Gasteiger partial charge in [-0.25, -0.2) is 0 Å². The molecule has 1 heterocycles. The molecule has 0 radical (unpaired) electrons. The first-order chi connectivity index (χ1) is 7.66. The minimum Gasteiger partial charge on any atom is -0.485 e. The monoisotopic (exact) mass is 281 g/mol. The van der Waals surface area contributed by atoms with Crippen molar-refractivity contribution in [2.24, 2.45) is 7.05 Å². The Bertz CT molecular complexity index is 496. The quantitative estimate of drug-likeness (QED) is 0.868. The van der Waals surface area contributed by atoms with Gasteiger partial charge in [0.2, 0.25) is 0 Å². The van der Waals surface area contributed by atoms with E-state index < -0.39 is 0 Å². The lowest BCUT2D eigenvalue weighted by Crippen LogP contribution is -2.03. The van der Waals surface area contributed by atoms with Crippen molar-refractivity contribution in [2.75, 3.05) is 0 Å². The van der Waals surface area contributed by atoms with Crippen LogP contribution in [0.2, 0.25) is 0 Å². The van der Waals surface area contributed by atoms with Crippen LogP contribution < -0.4 is 4.74 Å². The summed E-state index contributed by atoms with van der Waals surface area (Å²) in [6.07, 6.45) is 1.66. The summed E-state index contributed by atoms with van der Waals surface area (Å²) in [5.74, 6) is 1.66. The minimum atomic E-state index is 0.424. The van der Waals surface area contributed by atoms with E-state index in [9.17, 15) is 0 Å². The van der Waals surface area contributed by atoms with Crippen LogP contribution in [-0.4, -0.2) is 14.8 Å². The Morgan fingerprint density at radius 3 is 2.94 bits per heavy atom. The molecule has 0 fully saturated rings. The second-order valence-corrected chi connectivity index (χ2v) is 4.47. The highest BCUT2D eigenvalue weighted by Gasteiger charge is 2.04. The van der Waals surface area contributed by atoms with Gasteiger partial charge < -0.3 is 9.30 Å². The molecule has 2 rings (SSSR count). The molecule has 2 aromatic rings. The number of nitrogens with zero attached hydrogens (tertiary/aromatic N) is 3. The van der Waals surface area contributed by atoms with Gasteiger partial charge >= 0.3 is 0 Å². The average Bonchev–Trinajstić information content (AvgIpc) is 2.66. The maximum atomic E-state index is 5.69. The molecule has 0 N–H and O–H groups in total. The predicted molar refractivity (Wildman–Crippen MR) is 64.2 cm³/mol. The van der Waals surface area contributed by atoms with Crippen molar-refractivity contribution in [2.45, 2.75) is 13.5 Å². The fraction of sp³-hybridized carbons (Fsp3) is 0.273. The van der Waals surface area contributed by atoms with Crippen LogP contribution in [0, 0.1) is 6.92 Å². The number of hydrogen-bond donors (Lipinski definition) is 0. The van der Waals surface area contributed by atoms with E-state index in [0.29, 0.717) is 6.61 Å². The molecule has 0 saturated heterocycles. The molecule has 4 nitrogen and oxygen atoms in total. The van der Waals surface area contributed by atoms with Gasteiger partial charge in [-0.2, -0.15) is 0 Å². The Balaban J connectivity index is 2.10. The summed E-state index contributed by atoms with van der Waals surface area (Å²) in [6, 6.07) is 5.95. The second-order valence-electron chi connectivity index (χ2n) is 3.56. The van der Waals surface area contributed by atoms with Gasteiger partial charge in [0.15, 0.2) is 5.82 Å². The third-order valence-corrected chi connectivity index (χ3v) is 2.81. The van der Waals surface area contributed by atoms with Crippen LogP contribution in [0.25, 0.3) is 0 Å². The second kappa shape index (κ2) is 4.65. The fourth-order valence-electron chi connectivity index (χ4n) is 1.31. The molecule has 0 aliphatic heterocycles. The van der Waals surface area contributed by atoms with Crippen molar-refractivity contribution in [1.29, 1.82) is 0 Å². The Kier molecular flexibility index (Phi) is 3.24. The molecule has 0 aliphatic rings. The van der Waals surface area contributed by atoms with Gasteiger partial charge in [-0.1, -0.05) is 22.0 Å². The van der Waals surface area contributed by atoms with E-state index in [4.69, 9.17) is 4.74 Å². The molecule has 0 aliphatic carbocycles. The van der Waals surface area contributed by atoms with Gasteiger partial charge in [-0.15, -0.1) is 10.2 Å². The van der Waals surface area contributed by atoms with Crippen molar-refractivity contribution in [1.82, 2.24) is 14.8 Å². The van der Waals surface area contributed by atoms with Crippen molar-refractivity contribution in [3.63, 3.8) is 0 Å². The van der Waals surface area contributed by atoms with E-state index >= 15 is 0 Å². The maximum Gasteiger partial charge on any atom is 0.170 e. The van der Waals surface area contributed by atoms with E-state index in [1.807, 2.05) is 36.7 Å². The minimum absolute atomic E-state index is 0.424. The standard InChI is InChI=1S/C11H12BrN3O/c1-8-3-4-9(12)5-10(8)16-6-11-14-13-7-15(11)2/h3-5,7H,6H2,1-2H3. The fourth-order valence-corrected chi connectivity index (χ4v) is 1.65. The Hall–Kier alpha value is -1.36. The van der Waals surface area contributed by atoms with E-state index in [0.717, 1.165) is 21.6 Å². The van der Waals surface area contributed by atoms with E-state index in [-0.39, 0.29) is 0 Å². The van der Waals surface area contributed by atoms with Crippen LogP contribution in [0.1, 0.15) is 11.4 Å². The Morgan fingerprint density at radius 1 is 1.44 bits per heavy atom. The zero-order valence-corrected chi connectivity index (χ0v) is 10.7. The number of rotatable bonds is 3. The van der Waals surface area contributed by atoms with Crippen molar-refractivity contribution in [3.8, 4) is 5.75 Å². The molecule has 0 unspecified atom stereocenters. The molecule has 1 aromatic carbocycles. The molecule has 5 heteroatoms. The van der Waals surface area contributed by atoms with Crippen molar-refractivity contribution >= 4 is 15.9 Å². The van der Waals surface area contributed by atoms with Crippen LogP contribution in [-0.2, 0) is 13.7 Å². The molecule has 0 atom stereocenters. The average molecular weight is 282 g/mol. The zero-order chi connectivity index (χ0) is 11.5. The van der Waals surface area contributed by atoms with E-state index in [2.05, 4.69) is 26.1 Å². The van der Waals surface area contributed by atoms with Gasteiger partial charge in [-0.3, -0.25) is 0 Å². The van der Waals surface area contributed by atoms with Crippen LogP contribution in [0.3, 0.4) is 0 Å². The summed E-state index contributed by atoms with van der Waals surface area (Å²) in [6.45, 7) is 2.44. The number of benzene rings is 1. The normalized spacial score (nSPS) is 10.4. The van der Waals surface area contributed by atoms with Crippen LogP contribution >= 0.6 is 15.9 Å². The van der Waals surface area contributed by atoms with Crippen LogP contribution in [0.5, 0.6) is 5.75 Å². The number of ether oxygens (including phenoxy) is 1. The highest BCUT2D eigenvalue weighted by Crippen LogP contribution is 2.23. The molecule has 0 amide bonds. The smallest absolute Gasteiger partial charge is 0.170 e. The lowest BCUT2D eigenvalue weighted by molar-refractivity contribution is 0.289. The molecule has 0 bridgehead atoms.